The molecule has 0 amide bonds. The van der Waals surface area contributed by atoms with Gasteiger partial charge in [0, 0.05) is 0 Å². The van der Waals surface area contributed by atoms with Crippen molar-refractivity contribution in [1.82, 2.24) is 0 Å². The van der Waals surface area contributed by atoms with E-state index in [1.54, 1.807) is 9.35 Å². The third-order valence-corrected chi connectivity index (χ3v) is 12.3. The van der Waals surface area contributed by atoms with Crippen molar-refractivity contribution in [3.05, 3.63) is 1.81 Å². The summed E-state index contributed by atoms with van der Waals surface area (Å²) in [4.78, 5) is 0. The van der Waals surface area contributed by atoms with E-state index in [0.29, 0.717) is 29.0 Å². The van der Waals surface area contributed by atoms with Crippen LogP contribution in [-0.2, 0) is 0 Å². The van der Waals surface area contributed by atoms with Crippen LogP contribution in [-0.4, -0.2) is 57.1 Å². The van der Waals surface area contributed by atoms with Gasteiger partial charge in [0.1, 0.15) is 0 Å². The predicted octanol–water partition coefficient (Wildman–Crippen LogP) is 0.945. The zero-order valence-electron chi connectivity index (χ0n) is 5.54. The van der Waals surface area contributed by atoms with Crippen LogP contribution in [0, 0.1) is 1.81 Å². The molecule has 1 aromatic heterocycles. The van der Waals surface area contributed by atoms with Gasteiger partial charge >= 0.3 is 90.0 Å². The first kappa shape index (κ1) is 9.95. The average molecular weight is 367 g/mol. The van der Waals surface area contributed by atoms with Gasteiger partial charge in [-0.25, -0.2) is 0 Å². The molecule has 0 saturated carbocycles. The molecule has 0 saturated heterocycles. The Morgan fingerprint density at radius 1 is 1.10 bits per heavy atom. The Kier molecular flexibility index (Phi) is 4.77. The summed E-state index contributed by atoms with van der Waals surface area (Å²) in [7, 11) is 0. The Bertz CT molecular complexity index is 238. The number of hydrogen-bond acceptors (Lipinski definition) is 2. The van der Waals surface area contributed by atoms with Gasteiger partial charge in [0.2, 0.25) is 0 Å². The van der Waals surface area contributed by atoms with Crippen molar-refractivity contribution in [2.24, 2.45) is 0 Å². The van der Waals surface area contributed by atoms with Gasteiger partial charge in [-0.15, -0.1) is 0 Å². The van der Waals surface area contributed by atoms with E-state index in [-0.39, 0.29) is 0 Å². The van der Waals surface area contributed by atoms with Gasteiger partial charge in [0.05, 0.1) is 0 Å². The molecule has 0 bridgehead atoms. The van der Waals surface area contributed by atoms with Crippen molar-refractivity contribution in [1.29, 1.82) is 0 Å². The van der Waals surface area contributed by atoms with Gasteiger partial charge < -0.3 is 0 Å². The van der Waals surface area contributed by atoms with Crippen molar-refractivity contribution >= 4 is 68.1 Å². The Morgan fingerprint density at radius 2 is 1.50 bits per heavy atom. The van der Waals surface area contributed by atoms with Crippen molar-refractivity contribution in [3.63, 3.8) is 0 Å². The van der Waals surface area contributed by atoms with E-state index >= 15 is 0 Å². The predicted molar refractivity (Wildman–Crippen MR) is 52.9 cm³/mol. The van der Waals surface area contributed by atoms with Crippen LogP contribution in [0.15, 0.2) is 7.54 Å². The number of thioether (sulfide) groups is 2. The second-order valence-corrected chi connectivity index (χ2v) is 13.3. The van der Waals surface area contributed by atoms with Gasteiger partial charge in [-0.05, 0) is 0 Å². The van der Waals surface area contributed by atoms with E-state index in [1.807, 2.05) is 23.5 Å². The van der Waals surface area contributed by atoms with Gasteiger partial charge in [-0.2, -0.15) is 0 Å². The van der Waals surface area contributed by atoms with Crippen molar-refractivity contribution < 1.29 is 0 Å². The van der Waals surface area contributed by atoms with Gasteiger partial charge in [0.25, 0.3) is 0 Å². The normalized spacial score (nSPS) is 10.2. The van der Waals surface area contributed by atoms with Crippen LogP contribution in [0.4, 0.5) is 0 Å². The third kappa shape index (κ3) is 2.43. The number of hydrogen-bond donors (Lipinski definition) is 0. The van der Waals surface area contributed by atoms with E-state index in [1.165, 1.54) is 0 Å². The van der Waals surface area contributed by atoms with Gasteiger partial charge in [-0.3, -0.25) is 0 Å². The van der Waals surface area contributed by atoms with Crippen LogP contribution in [0.5, 0.6) is 0 Å². The van der Waals surface area contributed by atoms with Gasteiger partial charge in [-0.1, -0.05) is 0 Å². The van der Waals surface area contributed by atoms with Crippen molar-refractivity contribution in [3.8, 4) is 0 Å². The Morgan fingerprint density at radius 3 is 1.80 bits per heavy atom. The van der Waals surface area contributed by atoms with Crippen LogP contribution in [0.1, 0.15) is 0 Å². The van der Waals surface area contributed by atoms with Crippen molar-refractivity contribution in [2.45, 2.75) is 7.54 Å². The van der Waals surface area contributed by atoms with Crippen LogP contribution in [0.3, 0.4) is 0 Å². The van der Waals surface area contributed by atoms with E-state index in [2.05, 4.69) is 28.1 Å². The van der Waals surface area contributed by atoms with Crippen molar-refractivity contribution in [2.75, 3.05) is 12.5 Å². The maximum atomic E-state index is 3.17. The summed E-state index contributed by atoms with van der Waals surface area (Å²) in [5.41, 5.74) is 0. The molecule has 0 aliphatic rings. The second kappa shape index (κ2) is 4.79. The molecule has 0 spiro atoms. The summed E-state index contributed by atoms with van der Waals surface area (Å²) in [6, 6.07) is 0. The topological polar surface area (TPSA) is 0 Å². The molecular weight excluding hydrogens is 361 g/mol. The van der Waals surface area contributed by atoms with E-state index < -0.39 is 0 Å². The SMILES string of the molecule is CSc1[se]c(=[Se])[se]c1SC. The van der Waals surface area contributed by atoms with Crippen LogP contribution < -0.4 is 0 Å². The number of rotatable bonds is 2. The first-order chi connectivity index (χ1) is 4.77. The molecule has 56 valence electrons. The quantitative estimate of drug-likeness (QED) is 0.564. The first-order valence-electron chi connectivity index (χ1n) is 2.50. The molecule has 0 aromatic carbocycles. The molecule has 1 rings (SSSR count). The summed E-state index contributed by atoms with van der Waals surface area (Å²) >= 11 is 8.39. The molecule has 1 heterocycles. The standard InChI is InChI=1S/C5H6S2Se3/c1-6-3-4(7-2)10-5(8)9-3/h1-2H3. The zero-order chi connectivity index (χ0) is 7.56. The van der Waals surface area contributed by atoms with Gasteiger partial charge in [0.15, 0.2) is 0 Å². The fraction of sp³-hybridized carbons (Fsp3) is 0.400. The van der Waals surface area contributed by atoms with Crippen LogP contribution in [0.25, 0.3) is 0 Å². The molecule has 0 unspecified atom stereocenters. The third-order valence-electron chi connectivity index (χ3n) is 0.890. The maximum absolute atomic E-state index is 3.17. The molecule has 1 aromatic rings. The Balaban J connectivity index is 3.08. The van der Waals surface area contributed by atoms with E-state index in [4.69, 9.17) is 0 Å². The minimum atomic E-state index is 0.678. The summed E-state index contributed by atoms with van der Waals surface area (Å²) < 4.78 is 4.91. The molecule has 5 heteroatoms. The fourth-order valence-electron chi connectivity index (χ4n) is 0.506. The fourth-order valence-corrected chi connectivity index (χ4v) is 13.4. The van der Waals surface area contributed by atoms with E-state index in [0.717, 1.165) is 0 Å². The van der Waals surface area contributed by atoms with Crippen LogP contribution in [0.2, 0.25) is 0 Å². The summed E-state index contributed by atoms with van der Waals surface area (Å²) in [5, 5.41) is 0. The molecule has 0 atom stereocenters. The second-order valence-electron chi connectivity index (χ2n) is 1.44. The molecule has 10 heavy (non-hydrogen) atoms. The molecule has 0 aliphatic carbocycles. The van der Waals surface area contributed by atoms with E-state index in [9.17, 15) is 0 Å². The monoisotopic (exact) mass is 370 g/mol. The summed E-state index contributed by atoms with van der Waals surface area (Å²) in [6.07, 6.45) is 4.37. The zero-order valence-corrected chi connectivity index (χ0v) is 12.3. The molecule has 0 aliphatic heterocycles. The summed E-state index contributed by atoms with van der Waals surface area (Å²) in [5.74, 6) is 0. The molecule has 0 radical (unpaired) electrons. The summed E-state index contributed by atoms with van der Waals surface area (Å²) in [6.45, 7) is 0. The molecule has 0 N–H and O–H groups in total. The average Bonchev–Trinajstić information content (AvgIpc) is 2.30. The minimum absolute atomic E-state index is 0.678. The Hall–Kier alpha value is 1.87. The molecule has 0 nitrogen and oxygen atoms in total. The van der Waals surface area contributed by atoms with Crippen LogP contribution >= 0.6 is 23.5 Å². The first-order valence-corrected chi connectivity index (χ1v) is 9.23. The Labute approximate surface area is 89.0 Å². The molecular formula is C5H6S2Se3. The molecule has 0 fully saturated rings.